The lowest BCUT2D eigenvalue weighted by Crippen LogP contribution is -2.59. The van der Waals surface area contributed by atoms with Crippen LogP contribution in [0.5, 0.6) is 0 Å². The van der Waals surface area contributed by atoms with Crippen molar-refractivity contribution in [2.75, 3.05) is 13.6 Å². The van der Waals surface area contributed by atoms with Crippen molar-refractivity contribution in [1.82, 2.24) is 15.6 Å². The molecule has 0 bridgehead atoms. The maximum atomic E-state index is 13.4. The molecule has 6 nitrogen and oxygen atoms in total. The molecular formula is C24H39N3O3. The van der Waals surface area contributed by atoms with Crippen molar-refractivity contribution < 1.29 is 15.0 Å². The topological polar surface area (TPSA) is 76.0 Å². The van der Waals surface area contributed by atoms with E-state index in [0.717, 1.165) is 44.9 Å². The second-order valence-corrected chi connectivity index (χ2v) is 11.4. The Morgan fingerprint density at radius 2 is 1.93 bits per heavy atom. The van der Waals surface area contributed by atoms with Crippen molar-refractivity contribution in [3.05, 3.63) is 12.4 Å². The molecule has 4 saturated carbocycles. The Morgan fingerprint density at radius 1 is 1.13 bits per heavy atom. The van der Waals surface area contributed by atoms with E-state index in [9.17, 15) is 15.0 Å². The number of carbonyl (C=O) groups is 1. The molecule has 0 radical (unpaired) electrons. The maximum absolute atomic E-state index is 13.4. The van der Waals surface area contributed by atoms with Crippen molar-refractivity contribution in [2.24, 2.45) is 40.4 Å². The van der Waals surface area contributed by atoms with E-state index in [1.807, 2.05) is 29.6 Å². The average Bonchev–Trinajstić information content (AvgIpc) is 3.24. The Kier molecular flexibility index (Phi) is 4.99. The lowest BCUT2D eigenvalue weighted by molar-refractivity contribution is -0.179. The van der Waals surface area contributed by atoms with E-state index >= 15 is 0 Å². The van der Waals surface area contributed by atoms with Crippen LogP contribution in [-0.2, 0) is 4.79 Å². The minimum absolute atomic E-state index is 0.0409. The first-order valence-corrected chi connectivity index (χ1v) is 12.1. The SMILES string of the molecule is CN1NC=CN1CC(=O)[C@H]1CC[C@H]2[C@@H]3CC[C@H]4C[C@H](O)CC[C@]4(C)[C@H]3[C@@H](O)C[C@]12C. The van der Waals surface area contributed by atoms with Gasteiger partial charge in [0.25, 0.3) is 0 Å². The fourth-order valence-electron chi connectivity index (χ4n) is 8.72. The summed E-state index contributed by atoms with van der Waals surface area (Å²) in [4.78, 5) is 13.4. The highest BCUT2D eigenvalue weighted by molar-refractivity contribution is 5.84. The monoisotopic (exact) mass is 417 g/mol. The zero-order valence-electron chi connectivity index (χ0n) is 18.8. The Hall–Kier alpha value is -1.11. The lowest BCUT2D eigenvalue weighted by atomic mass is 9.44. The fraction of sp³-hybridized carbons (Fsp3) is 0.875. The molecule has 0 unspecified atom stereocenters. The van der Waals surface area contributed by atoms with E-state index in [-0.39, 0.29) is 29.0 Å². The van der Waals surface area contributed by atoms with Crippen LogP contribution in [0.1, 0.15) is 65.2 Å². The first-order valence-electron chi connectivity index (χ1n) is 12.1. The number of nitrogens with zero attached hydrogens (tertiary/aromatic N) is 2. The van der Waals surface area contributed by atoms with E-state index < -0.39 is 0 Å². The fourth-order valence-corrected chi connectivity index (χ4v) is 8.72. The van der Waals surface area contributed by atoms with Gasteiger partial charge in [0.15, 0.2) is 5.78 Å². The van der Waals surface area contributed by atoms with Gasteiger partial charge in [-0.05, 0) is 85.9 Å². The van der Waals surface area contributed by atoms with Gasteiger partial charge in [0.2, 0.25) is 0 Å². The third kappa shape index (κ3) is 2.97. The van der Waals surface area contributed by atoms with Crippen LogP contribution >= 0.6 is 0 Å². The average molecular weight is 418 g/mol. The lowest BCUT2D eigenvalue weighted by Gasteiger charge is -2.62. The number of nitrogens with one attached hydrogen (secondary N) is 1. The second-order valence-electron chi connectivity index (χ2n) is 11.4. The Labute approximate surface area is 180 Å². The summed E-state index contributed by atoms with van der Waals surface area (Å²) < 4.78 is 0. The molecule has 5 rings (SSSR count). The van der Waals surface area contributed by atoms with Crippen LogP contribution in [0.15, 0.2) is 12.4 Å². The predicted molar refractivity (Wildman–Crippen MR) is 114 cm³/mol. The molecule has 1 heterocycles. The van der Waals surface area contributed by atoms with E-state index in [0.29, 0.717) is 36.0 Å². The van der Waals surface area contributed by atoms with Crippen LogP contribution in [-0.4, -0.2) is 51.9 Å². The Morgan fingerprint density at radius 3 is 2.67 bits per heavy atom. The van der Waals surface area contributed by atoms with Crippen LogP contribution in [0, 0.1) is 40.4 Å². The first kappa shape index (κ1) is 20.8. The minimum Gasteiger partial charge on any atom is -0.393 e. The van der Waals surface area contributed by atoms with Crippen molar-refractivity contribution in [3.8, 4) is 0 Å². The van der Waals surface area contributed by atoms with Crippen LogP contribution in [0.2, 0.25) is 0 Å². The first-order chi connectivity index (χ1) is 14.2. The quantitative estimate of drug-likeness (QED) is 0.656. The highest BCUT2D eigenvalue weighted by atomic mass is 16.3. The number of Topliss-reactive ketones (excluding diaryl/α,β-unsaturated/α-hetero) is 1. The van der Waals surface area contributed by atoms with E-state index in [1.165, 1.54) is 6.42 Å². The molecule has 0 aromatic carbocycles. The number of carbonyl (C=O) groups excluding carboxylic acids is 1. The molecule has 30 heavy (non-hydrogen) atoms. The third-order valence-corrected chi connectivity index (χ3v) is 10.2. The molecule has 4 fully saturated rings. The van der Waals surface area contributed by atoms with Gasteiger partial charge in [-0.1, -0.05) is 13.8 Å². The molecule has 9 atom stereocenters. The summed E-state index contributed by atoms with van der Waals surface area (Å²) in [5.41, 5.74) is 3.12. The molecule has 0 amide bonds. The van der Waals surface area contributed by atoms with E-state index in [1.54, 1.807) is 0 Å². The minimum atomic E-state index is -0.330. The summed E-state index contributed by atoms with van der Waals surface area (Å²) in [5, 5.41) is 25.5. The van der Waals surface area contributed by atoms with Crippen LogP contribution in [0.4, 0.5) is 0 Å². The number of fused-ring (bicyclic) bond motifs is 5. The van der Waals surface area contributed by atoms with E-state index in [4.69, 9.17) is 0 Å². The number of ketones is 1. The van der Waals surface area contributed by atoms with Gasteiger partial charge in [0, 0.05) is 25.4 Å². The molecule has 1 aliphatic heterocycles. The van der Waals surface area contributed by atoms with Crippen LogP contribution in [0.3, 0.4) is 0 Å². The zero-order chi connectivity index (χ0) is 21.3. The number of aliphatic hydroxyl groups is 2. The molecule has 0 aromatic rings. The normalized spacial score (nSPS) is 50.6. The number of hydrazine groups is 2. The maximum Gasteiger partial charge on any atom is 0.157 e. The van der Waals surface area contributed by atoms with Crippen molar-refractivity contribution >= 4 is 5.78 Å². The van der Waals surface area contributed by atoms with Gasteiger partial charge < -0.3 is 15.6 Å². The van der Waals surface area contributed by atoms with Gasteiger partial charge in [-0.15, -0.1) is 5.12 Å². The van der Waals surface area contributed by atoms with Gasteiger partial charge in [-0.25, -0.2) is 0 Å². The molecule has 6 heteroatoms. The molecule has 5 aliphatic rings. The molecular weight excluding hydrogens is 378 g/mol. The summed E-state index contributed by atoms with van der Waals surface area (Å²) in [6.45, 7) is 5.09. The molecule has 0 saturated heterocycles. The molecule has 168 valence electrons. The summed E-state index contributed by atoms with van der Waals surface area (Å²) in [6, 6.07) is 0. The van der Waals surface area contributed by atoms with Gasteiger partial charge >= 0.3 is 0 Å². The molecule has 4 aliphatic carbocycles. The van der Waals surface area contributed by atoms with Gasteiger partial charge in [0.05, 0.1) is 18.8 Å². The number of hydrogen-bond donors (Lipinski definition) is 3. The molecule has 0 spiro atoms. The smallest absolute Gasteiger partial charge is 0.157 e. The number of aliphatic hydroxyl groups excluding tert-OH is 2. The highest BCUT2D eigenvalue weighted by Gasteiger charge is 2.63. The largest absolute Gasteiger partial charge is 0.393 e. The molecule has 3 N–H and O–H groups in total. The number of rotatable bonds is 3. The van der Waals surface area contributed by atoms with Crippen LogP contribution in [0.25, 0.3) is 0 Å². The summed E-state index contributed by atoms with van der Waals surface area (Å²) in [6.07, 6.45) is 11.2. The van der Waals surface area contributed by atoms with Gasteiger partial charge in [-0.2, -0.15) is 0 Å². The standard InChI is InChI=1S/C24H39N3O3/c1-23-9-8-16(28)12-15(23)4-5-17-18-6-7-19(24(18,2)13-20(29)22(17)23)21(30)14-27-11-10-25-26(27)3/h10-11,15-20,22,25,28-29H,4-9,12-14H2,1-3H3/t15-,16+,17-,18-,19+,20-,22+,23-,24-/m0/s1. The van der Waals surface area contributed by atoms with Crippen molar-refractivity contribution in [3.63, 3.8) is 0 Å². The zero-order valence-corrected chi connectivity index (χ0v) is 18.8. The van der Waals surface area contributed by atoms with Crippen molar-refractivity contribution in [2.45, 2.75) is 77.4 Å². The summed E-state index contributed by atoms with van der Waals surface area (Å²) in [7, 11) is 1.92. The molecule has 0 aromatic heterocycles. The summed E-state index contributed by atoms with van der Waals surface area (Å²) in [5.74, 6) is 2.27. The third-order valence-electron chi connectivity index (χ3n) is 10.2. The van der Waals surface area contributed by atoms with Crippen LogP contribution < -0.4 is 5.43 Å². The number of hydrogen-bond acceptors (Lipinski definition) is 6. The predicted octanol–water partition coefficient (Wildman–Crippen LogP) is 2.68. The second kappa shape index (κ2) is 7.21. The Balaban J connectivity index is 1.37. The highest BCUT2D eigenvalue weighted by Crippen LogP contribution is 2.67. The Bertz CT molecular complexity index is 728. The summed E-state index contributed by atoms with van der Waals surface area (Å²) >= 11 is 0. The van der Waals surface area contributed by atoms with Crippen molar-refractivity contribution in [1.29, 1.82) is 0 Å². The van der Waals surface area contributed by atoms with Gasteiger partial charge in [-0.3, -0.25) is 9.80 Å². The van der Waals surface area contributed by atoms with E-state index in [2.05, 4.69) is 19.3 Å². The van der Waals surface area contributed by atoms with Gasteiger partial charge in [0.1, 0.15) is 0 Å².